The van der Waals surface area contributed by atoms with Gasteiger partial charge in [0.2, 0.25) is 0 Å². The number of nitrogens with zero attached hydrogens (tertiary/aromatic N) is 2. The minimum Gasteiger partial charge on any atom is -0.197 e. The van der Waals surface area contributed by atoms with Gasteiger partial charge >= 0.3 is 0 Å². The third-order valence-electron chi connectivity index (χ3n) is 2.19. The zero-order valence-electron chi connectivity index (χ0n) is 8.66. The summed E-state index contributed by atoms with van der Waals surface area (Å²) in [5.41, 5.74) is -0.945. The first-order valence-corrected chi connectivity index (χ1v) is 5.46. The number of rotatable bonds is 4. The topological polar surface area (TPSA) is 47.6 Å². The summed E-state index contributed by atoms with van der Waals surface area (Å²) in [5, 5.41) is 18.1. The van der Waals surface area contributed by atoms with Crippen LogP contribution in [0.1, 0.15) is 16.2 Å². The molecular formula is C12H12N2S. The van der Waals surface area contributed by atoms with Crippen LogP contribution in [0.15, 0.2) is 24.8 Å². The summed E-state index contributed by atoms with van der Waals surface area (Å²) in [6.45, 7) is 5.61. The van der Waals surface area contributed by atoms with E-state index in [0.29, 0.717) is 12.8 Å². The van der Waals surface area contributed by atoms with Crippen molar-refractivity contribution < 1.29 is 0 Å². The van der Waals surface area contributed by atoms with Crippen molar-refractivity contribution in [3.8, 4) is 12.1 Å². The van der Waals surface area contributed by atoms with E-state index in [9.17, 15) is 0 Å². The van der Waals surface area contributed by atoms with Crippen LogP contribution in [0.25, 0.3) is 0 Å². The summed E-state index contributed by atoms with van der Waals surface area (Å²) in [5.74, 6) is 0. The number of aryl methyl sites for hydroxylation is 1. The molecule has 0 aliphatic heterocycles. The molecule has 0 aliphatic carbocycles. The fraction of sp³-hybridized carbons (Fsp3) is 0.333. The maximum Gasteiger partial charge on any atom is 0.152 e. The lowest BCUT2D eigenvalue weighted by Gasteiger charge is -2.14. The molecule has 0 aromatic carbocycles. The molecule has 0 unspecified atom stereocenters. The second-order valence-electron chi connectivity index (χ2n) is 3.49. The molecule has 1 aromatic rings. The van der Waals surface area contributed by atoms with Gasteiger partial charge in [0.15, 0.2) is 5.41 Å². The zero-order chi connectivity index (χ0) is 11.3. The molecule has 0 amide bonds. The number of hydrogen-bond donors (Lipinski definition) is 0. The second kappa shape index (κ2) is 4.77. The van der Waals surface area contributed by atoms with Crippen molar-refractivity contribution in [1.82, 2.24) is 0 Å². The summed E-state index contributed by atoms with van der Waals surface area (Å²) >= 11 is 1.63. The zero-order valence-corrected chi connectivity index (χ0v) is 9.47. The molecule has 0 saturated heterocycles. The first-order valence-electron chi connectivity index (χ1n) is 4.64. The van der Waals surface area contributed by atoms with Crippen LogP contribution in [-0.2, 0) is 6.42 Å². The predicted molar refractivity (Wildman–Crippen MR) is 61.2 cm³/mol. The van der Waals surface area contributed by atoms with Crippen molar-refractivity contribution in [2.24, 2.45) is 5.41 Å². The van der Waals surface area contributed by atoms with Gasteiger partial charge in [0.05, 0.1) is 12.1 Å². The monoisotopic (exact) mass is 216 g/mol. The summed E-state index contributed by atoms with van der Waals surface area (Å²) in [6.07, 6.45) is 2.54. The van der Waals surface area contributed by atoms with Crippen molar-refractivity contribution in [2.45, 2.75) is 19.8 Å². The van der Waals surface area contributed by atoms with Gasteiger partial charge in [-0.05, 0) is 25.5 Å². The van der Waals surface area contributed by atoms with E-state index in [1.54, 1.807) is 17.4 Å². The first kappa shape index (κ1) is 11.5. The van der Waals surface area contributed by atoms with Crippen molar-refractivity contribution in [2.75, 3.05) is 0 Å². The van der Waals surface area contributed by atoms with E-state index >= 15 is 0 Å². The smallest absolute Gasteiger partial charge is 0.152 e. The summed E-state index contributed by atoms with van der Waals surface area (Å²) < 4.78 is 0. The third kappa shape index (κ3) is 2.68. The normalized spacial score (nSPS) is 10.3. The third-order valence-corrected chi connectivity index (χ3v) is 3.19. The lowest BCUT2D eigenvalue weighted by molar-refractivity contribution is 0.531. The van der Waals surface area contributed by atoms with Crippen LogP contribution in [0.2, 0.25) is 0 Å². The SMILES string of the molecule is C=CCC(C#N)(C#N)Cc1ccc(C)s1. The van der Waals surface area contributed by atoms with Gasteiger partial charge < -0.3 is 0 Å². The molecule has 0 bridgehead atoms. The van der Waals surface area contributed by atoms with Gasteiger partial charge in [0, 0.05) is 16.2 Å². The number of allylic oxidation sites excluding steroid dienone is 1. The fourth-order valence-electron chi connectivity index (χ4n) is 1.39. The number of thiophene rings is 1. The predicted octanol–water partition coefficient (Wildman–Crippen LogP) is 3.21. The van der Waals surface area contributed by atoms with E-state index in [1.165, 1.54) is 4.88 Å². The second-order valence-corrected chi connectivity index (χ2v) is 4.86. The Morgan fingerprint density at radius 1 is 1.47 bits per heavy atom. The standard InChI is InChI=1S/C12H12N2S/c1-3-6-12(8-13,9-14)7-11-5-4-10(2)15-11/h3-5H,1,6-7H2,2H3. The van der Waals surface area contributed by atoms with Gasteiger partial charge in [-0.1, -0.05) is 6.08 Å². The Hall–Kier alpha value is -1.58. The maximum absolute atomic E-state index is 9.06. The van der Waals surface area contributed by atoms with E-state index in [1.807, 2.05) is 19.1 Å². The Kier molecular flexibility index (Phi) is 3.66. The molecule has 0 saturated carbocycles. The Morgan fingerprint density at radius 2 is 2.13 bits per heavy atom. The lowest BCUT2D eigenvalue weighted by atomic mass is 9.84. The van der Waals surface area contributed by atoms with E-state index in [4.69, 9.17) is 10.5 Å². The summed E-state index contributed by atoms with van der Waals surface area (Å²) in [4.78, 5) is 2.28. The minimum atomic E-state index is -0.945. The highest BCUT2D eigenvalue weighted by Crippen LogP contribution is 2.29. The van der Waals surface area contributed by atoms with E-state index in [2.05, 4.69) is 18.7 Å². The number of nitriles is 2. The Balaban J connectivity index is 2.90. The fourth-order valence-corrected chi connectivity index (χ4v) is 2.40. The van der Waals surface area contributed by atoms with Gasteiger partial charge in [-0.25, -0.2) is 0 Å². The van der Waals surface area contributed by atoms with Crippen molar-refractivity contribution in [3.63, 3.8) is 0 Å². The van der Waals surface area contributed by atoms with Crippen molar-refractivity contribution in [3.05, 3.63) is 34.5 Å². The summed E-state index contributed by atoms with van der Waals surface area (Å²) in [7, 11) is 0. The average Bonchev–Trinajstić information content (AvgIpc) is 2.63. The van der Waals surface area contributed by atoms with Crippen LogP contribution in [0, 0.1) is 35.0 Å². The minimum absolute atomic E-state index is 0.414. The van der Waals surface area contributed by atoms with Crippen molar-refractivity contribution >= 4 is 11.3 Å². The highest BCUT2D eigenvalue weighted by atomic mass is 32.1. The van der Waals surface area contributed by atoms with Gasteiger partial charge in [-0.15, -0.1) is 17.9 Å². The van der Waals surface area contributed by atoms with Gasteiger partial charge in [-0.3, -0.25) is 0 Å². The van der Waals surface area contributed by atoms with E-state index < -0.39 is 5.41 Å². The van der Waals surface area contributed by atoms with Crippen LogP contribution < -0.4 is 0 Å². The Bertz CT molecular complexity index is 417. The first-order chi connectivity index (χ1) is 7.15. The molecule has 1 rings (SSSR count). The molecule has 0 N–H and O–H groups in total. The molecule has 0 spiro atoms. The molecule has 0 atom stereocenters. The average molecular weight is 216 g/mol. The Morgan fingerprint density at radius 3 is 2.53 bits per heavy atom. The molecule has 15 heavy (non-hydrogen) atoms. The Labute approximate surface area is 94.1 Å². The molecule has 0 fully saturated rings. The van der Waals surface area contributed by atoms with Gasteiger partial charge in [0.25, 0.3) is 0 Å². The van der Waals surface area contributed by atoms with Gasteiger partial charge in [-0.2, -0.15) is 10.5 Å². The lowest BCUT2D eigenvalue weighted by Crippen LogP contribution is -2.17. The van der Waals surface area contributed by atoms with E-state index in [-0.39, 0.29) is 0 Å². The van der Waals surface area contributed by atoms with Crippen LogP contribution >= 0.6 is 11.3 Å². The maximum atomic E-state index is 9.06. The molecule has 0 radical (unpaired) electrons. The summed E-state index contributed by atoms with van der Waals surface area (Å²) in [6, 6.07) is 8.18. The van der Waals surface area contributed by atoms with Gasteiger partial charge in [0.1, 0.15) is 0 Å². The molecule has 76 valence electrons. The highest BCUT2D eigenvalue weighted by Gasteiger charge is 2.29. The molecule has 1 aromatic heterocycles. The molecule has 3 heteroatoms. The molecule has 2 nitrogen and oxygen atoms in total. The quantitative estimate of drug-likeness (QED) is 0.725. The highest BCUT2D eigenvalue weighted by molar-refractivity contribution is 7.11. The van der Waals surface area contributed by atoms with Crippen LogP contribution in [-0.4, -0.2) is 0 Å². The van der Waals surface area contributed by atoms with Crippen LogP contribution in [0.4, 0.5) is 0 Å². The van der Waals surface area contributed by atoms with E-state index in [0.717, 1.165) is 4.88 Å². The largest absolute Gasteiger partial charge is 0.197 e. The molecular weight excluding hydrogens is 204 g/mol. The van der Waals surface area contributed by atoms with Crippen molar-refractivity contribution in [1.29, 1.82) is 10.5 Å². The molecule has 1 heterocycles. The molecule has 0 aliphatic rings. The van der Waals surface area contributed by atoms with Crippen LogP contribution in [0.5, 0.6) is 0 Å². The van der Waals surface area contributed by atoms with Crippen LogP contribution in [0.3, 0.4) is 0 Å². The number of hydrogen-bond acceptors (Lipinski definition) is 3.